The Balaban J connectivity index is 2.17. The molecule has 0 aromatic heterocycles. The van der Waals surface area contributed by atoms with Crippen molar-refractivity contribution in [1.82, 2.24) is 0 Å². The highest BCUT2D eigenvalue weighted by molar-refractivity contribution is 9.10. The highest BCUT2D eigenvalue weighted by Gasteiger charge is 2.44. The molecule has 2 aromatic rings. The molecule has 2 aromatic carbocycles. The second-order valence-electron chi connectivity index (χ2n) is 6.32. The number of carbonyl (C=O) groups is 2. The van der Waals surface area contributed by atoms with Gasteiger partial charge in [-0.25, -0.2) is 4.79 Å². The minimum absolute atomic E-state index is 0.0722. The molecule has 140 valence electrons. The number of amides is 1. The third-order valence-corrected chi connectivity index (χ3v) is 5.26. The fourth-order valence-electron chi connectivity index (χ4n) is 3.20. The van der Waals surface area contributed by atoms with E-state index in [0.717, 1.165) is 5.56 Å². The largest absolute Gasteiger partial charge is 0.466 e. The molecule has 1 unspecified atom stereocenters. The fraction of sp³-hybridized carbons (Fsp3) is 0.136. The quantitative estimate of drug-likeness (QED) is 0.522. The third kappa shape index (κ3) is 3.37. The third-order valence-electron chi connectivity index (χ3n) is 4.57. The van der Waals surface area contributed by atoms with E-state index < -0.39 is 11.5 Å². The molecule has 0 saturated carbocycles. The molecule has 3 rings (SSSR count). The topological polar surface area (TPSA) is 70.4 Å². The fourth-order valence-corrected chi connectivity index (χ4v) is 3.66. The molecule has 1 atom stereocenters. The van der Waals surface area contributed by atoms with E-state index >= 15 is 0 Å². The zero-order chi connectivity index (χ0) is 20.3. The molecule has 1 aliphatic rings. The van der Waals surface area contributed by atoms with Crippen LogP contribution >= 0.6 is 15.9 Å². The maximum Gasteiger partial charge on any atom is 0.333 e. The Hall–Kier alpha value is -3.17. The lowest BCUT2D eigenvalue weighted by atomic mass is 9.85. The predicted octanol–water partition coefficient (Wildman–Crippen LogP) is 4.50. The molecular weight excluding hydrogens is 420 g/mol. The lowest BCUT2D eigenvalue weighted by molar-refractivity contribution is -0.136. The van der Waals surface area contributed by atoms with Crippen LogP contribution in [0.4, 0.5) is 5.69 Å². The molecule has 0 fully saturated rings. The number of nitriles is 1. The molecule has 0 N–H and O–H groups in total. The van der Waals surface area contributed by atoms with E-state index in [1.54, 1.807) is 42.5 Å². The number of hydrogen-bond donors (Lipinski definition) is 0. The van der Waals surface area contributed by atoms with Crippen molar-refractivity contribution in [2.45, 2.75) is 12.0 Å². The molecule has 0 saturated heterocycles. The Labute approximate surface area is 171 Å². The van der Waals surface area contributed by atoms with Crippen molar-refractivity contribution >= 4 is 39.6 Å². The van der Waals surface area contributed by atoms with Gasteiger partial charge in [-0.2, -0.15) is 5.26 Å². The first-order valence-corrected chi connectivity index (χ1v) is 9.27. The van der Waals surface area contributed by atoms with Crippen LogP contribution in [0.1, 0.15) is 22.3 Å². The van der Waals surface area contributed by atoms with Crippen LogP contribution in [-0.2, 0) is 9.53 Å². The van der Waals surface area contributed by atoms with E-state index in [9.17, 15) is 14.9 Å². The maximum absolute atomic E-state index is 13.5. The van der Waals surface area contributed by atoms with E-state index in [0.29, 0.717) is 15.7 Å². The van der Waals surface area contributed by atoms with E-state index in [2.05, 4.69) is 28.6 Å². The van der Waals surface area contributed by atoms with Gasteiger partial charge in [0.1, 0.15) is 0 Å². The summed E-state index contributed by atoms with van der Waals surface area (Å²) in [5.74, 6) is -0.973. The number of halogens is 1. The van der Waals surface area contributed by atoms with Crippen LogP contribution in [-0.4, -0.2) is 24.5 Å². The van der Waals surface area contributed by atoms with E-state index in [1.807, 2.05) is 18.2 Å². The summed E-state index contributed by atoms with van der Waals surface area (Å²) in [4.78, 5) is 26.9. The number of rotatable bonds is 4. The van der Waals surface area contributed by atoms with Crippen LogP contribution in [0.5, 0.6) is 0 Å². The first kappa shape index (κ1) is 19.6. The van der Waals surface area contributed by atoms with Crippen molar-refractivity contribution in [2.75, 3.05) is 12.0 Å². The van der Waals surface area contributed by atoms with E-state index in [-0.39, 0.29) is 17.9 Å². The summed E-state index contributed by atoms with van der Waals surface area (Å²) >= 11 is 3.41. The normalized spacial score (nSPS) is 17.4. The second kappa shape index (κ2) is 7.83. The summed E-state index contributed by atoms with van der Waals surface area (Å²) in [5.41, 5.74) is 0.503. The van der Waals surface area contributed by atoms with Gasteiger partial charge in [0.15, 0.2) is 5.54 Å². The molecule has 0 aliphatic carbocycles. The molecule has 1 aliphatic heterocycles. The minimum atomic E-state index is -1.41. The summed E-state index contributed by atoms with van der Waals surface area (Å²) < 4.78 is 5.35. The predicted molar refractivity (Wildman–Crippen MR) is 111 cm³/mol. The van der Waals surface area contributed by atoms with Gasteiger partial charge in [-0.05, 0) is 45.8 Å². The molecule has 1 amide bonds. The van der Waals surface area contributed by atoms with Gasteiger partial charge in [-0.3, -0.25) is 9.69 Å². The van der Waals surface area contributed by atoms with Crippen LogP contribution in [0.3, 0.4) is 0 Å². The highest BCUT2D eigenvalue weighted by atomic mass is 79.9. The zero-order valence-corrected chi connectivity index (χ0v) is 16.8. The maximum atomic E-state index is 13.5. The van der Waals surface area contributed by atoms with Gasteiger partial charge in [0.2, 0.25) is 0 Å². The van der Waals surface area contributed by atoms with Gasteiger partial charge in [0.05, 0.1) is 24.4 Å². The number of benzene rings is 2. The summed E-state index contributed by atoms with van der Waals surface area (Å²) in [6.07, 6.45) is 3.35. The summed E-state index contributed by atoms with van der Waals surface area (Å²) in [6.45, 7) is 3.75. The smallest absolute Gasteiger partial charge is 0.333 e. The lowest BCUT2D eigenvalue weighted by Gasteiger charge is -2.40. The Morgan fingerprint density at radius 1 is 1.21 bits per heavy atom. The number of hydrogen-bond acceptors (Lipinski definition) is 4. The standard InChI is InChI=1S/C22H17BrN2O3/c1-15(21(27)28-2)13-22(14-24)12-11-16-7-3-6-10-19(16)25(22)20(26)17-8-4-5-9-18(17)23/h3-12H,1,13H2,2H3. The van der Waals surface area contributed by atoms with Crippen molar-refractivity contribution in [3.05, 3.63) is 82.4 Å². The van der Waals surface area contributed by atoms with Crippen molar-refractivity contribution < 1.29 is 14.3 Å². The average Bonchev–Trinajstić information content (AvgIpc) is 2.72. The van der Waals surface area contributed by atoms with Gasteiger partial charge < -0.3 is 4.74 Å². The Bertz CT molecular complexity index is 1040. The number of fused-ring (bicyclic) bond motifs is 1. The Morgan fingerprint density at radius 3 is 2.57 bits per heavy atom. The van der Waals surface area contributed by atoms with Gasteiger partial charge in [-0.1, -0.05) is 43.0 Å². The zero-order valence-electron chi connectivity index (χ0n) is 15.2. The van der Waals surface area contributed by atoms with Crippen LogP contribution < -0.4 is 4.90 Å². The number of ether oxygens (including phenoxy) is 1. The van der Waals surface area contributed by atoms with E-state index in [4.69, 9.17) is 4.74 Å². The number of anilines is 1. The molecule has 0 radical (unpaired) electrons. The van der Waals surface area contributed by atoms with Crippen LogP contribution in [0.2, 0.25) is 0 Å². The first-order chi connectivity index (χ1) is 13.4. The lowest BCUT2D eigenvalue weighted by Crippen LogP contribution is -2.52. The van der Waals surface area contributed by atoms with E-state index in [1.165, 1.54) is 12.0 Å². The number of para-hydroxylation sites is 1. The molecule has 0 bridgehead atoms. The Morgan fingerprint density at radius 2 is 1.89 bits per heavy atom. The molecule has 1 heterocycles. The minimum Gasteiger partial charge on any atom is -0.466 e. The number of carbonyl (C=O) groups excluding carboxylic acids is 2. The summed E-state index contributed by atoms with van der Waals surface area (Å²) in [7, 11) is 1.25. The molecule has 6 heteroatoms. The Kier molecular flexibility index (Phi) is 5.48. The second-order valence-corrected chi connectivity index (χ2v) is 7.17. The van der Waals surface area contributed by atoms with Crippen molar-refractivity contribution in [3.8, 4) is 6.07 Å². The SMILES string of the molecule is C=C(CC1(C#N)C=Cc2ccccc2N1C(=O)c1ccccc1Br)C(=O)OC. The van der Waals surface area contributed by atoms with Gasteiger partial charge >= 0.3 is 5.97 Å². The molecular formula is C22H17BrN2O3. The first-order valence-electron chi connectivity index (χ1n) is 8.48. The number of esters is 1. The van der Waals surface area contributed by atoms with Crippen molar-refractivity contribution in [3.63, 3.8) is 0 Å². The summed E-state index contributed by atoms with van der Waals surface area (Å²) in [6, 6.07) is 16.5. The molecule has 0 spiro atoms. The summed E-state index contributed by atoms with van der Waals surface area (Å²) in [5, 5.41) is 10.1. The van der Waals surface area contributed by atoms with Crippen LogP contribution in [0, 0.1) is 11.3 Å². The monoisotopic (exact) mass is 436 g/mol. The van der Waals surface area contributed by atoms with Crippen LogP contribution in [0.15, 0.2) is 71.2 Å². The highest BCUT2D eigenvalue weighted by Crippen LogP contribution is 2.39. The van der Waals surface area contributed by atoms with Gasteiger partial charge in [-0.15, -0.1) is 0 Å². The average molecular weight is 437 g/mol. The molecule has 28 heavy (non-hydrogen) atoms. The number of nitrogens with zero attached hydrogens (tertiary/aromatic N) is 2. The van der Waals surface area contributed by atoms with Crippen LogP contribution in [0.25, 0.3) is 6.08 Å². The van der Waals surface area contributed by atoms with Gasteiger partial charge in [0, 0.05) is 16.5 Å². The van der Waals surface area contributed by atoms with Crippen molar-refractivity contribution in [1.29, 1.82) is 5.26 Å². The van der Waals surface area contributed by atoms with Crippen molar-refractivity contribution in [2.24, 2.45) is 0 Å². The van der Waals surface area contributed by atoms with Gasteiger partial charge in [0.25, 0.3) is 5.91 Å². The molecule has 5 nitrogen and oxygen atoms in total. The number of methoxy groups -OCH3 is 1.